The molecule has 1 unspecified atom stereocenters. The quantitative estimate of drug-likeness (QED) is 0.890. The Bertz CT molecular complexity index is 617. The second-order valence-corrected chi connectivity index (χ2v) is 4.55. The summed E-state index contributed by atoms with van der Waals surface area (Å²) in [6.45, 7) is -0.133. The van der Waals surface area contributed by atoms with Gasteiger partial charge in [-0.1, -0.05) is 36.4 Å². The van der Waals surface area contributed by atoms with Crippen LogP contribution < -0.4 is 5.32 Å². The lowest BCUT2D eigenvalue weighted by molar-refractivity contribution is 0.0925. The SMILES string of the molecule is O=C(NC(CCO)c1ccccc1)c1cccc(F)c1F. The molecular weight excluding hydrogens is 276 g/mol. The van der Waals surface area contributed by atoms with Crippen molar-refractivity contribution in [3.05, 3.63) is 71.3 Å². The molecule has 21 heavy (non-hydrogen) atoms. The molecule has 5 heteroatoms. The monoisotopic (exact) mass is 291 g/mol. The van der Waals surface area contributed by atoms with Gasteiger partial charge in [-0.05, 0) is 24.1 Å². The molecule has 0 aliphatic heterocycles. The van der Waals surface area contributed by atoms with E-state index in [1.807, 2.05) is 6.07 Å². The van der Waals surface area contributed by atoms with Crippen LogP contribution in [-0.2, 0) is 0 Å². The summed E-state index contributed by atoms with van der Waals surface area (Å²) < 4.78 is 26.8. The Hall–Kier alpha value is -2.27. The molecule has 2 rings (SSSR count). The van der Waals surface area contributed by atoms with E-state index in [-0.39, 0.29) is 18.6 Å². The van der Waals surface area contributed by atoms with E-state index in [9.17, 15) is 13.6 Å². The van der Waals surface area contributed by atoms with Crippen LogP contribution in [0.3, 0.4) is 0 Å². The van der Waals surface area contributed by atoms with Crippen molar-refractivity contribution >= 4 is 5.91 Å². The lowest BCUT2D eigenvalue weighted by Gasteiger charge is -2.18. The van der Waals surface area contributed by atoms with Crippen LogP contribution in [0.25, 0.3) is 0 Å². The van der Waals surface area contributed by atoms with E-state index in [0.717, 1.165) is 11.6 Å². The minimum Gasteiger partial charge on any atom is -0.396 e. The van der Waals surface area contributed by atoms with Crippen LogP contribution in [0.15, 0.2) is 48.5 Å². The van der Waals surface area contributed by atoms with Gasteiger partial charge in [-0.15, -0.1) is 0 Å². The zero-order chi connectivity index (χ0) is 15.2. The average Bonchev–Trinajstić information content (AvgIpc) is 2.50. The molecule has 0 radical (unpaired) electrons. The van der Waals surface area contributed by atoms with Crippen molar-refractivity contribution in [1.82, 2.24) is 5.32 Å². The number of hydrogen-bond acceptors (Lipinski definition) is 2. The van der Waals surface area contributed by atoms with Crippen molar-refractivity contribution in [3.63, 3.8) is 0 Å². The van der Waals surface area contributed by atoms with Crippen LogP contribution in [0.5, 0.6) is 0 Å². The number of carbonyl (C=O) groups is 1. The molecule has 0 bridgehead atoms. The van der Waals surface area contributed by atoms with E-state index in [0.29, 0.717) is 0 Å². The van der Waals surface area contributed by atoms with Crippen LogP contribution in [0.2, 0.25) is 0 Å². The van der Waals surface area contributed by atoms with Gasteiger partial charge in [0.25, 0.3) is 5.91 Å². The molecule has 0 fully saturated rings. The predicted molar refractivity (Wildman–Crippen MR) is 74.7 cm³/mol. The molecule has 2 N–H and O–H groups in total. The molecule has 0 spiro atoms. The Labute approximate surface area is 121 Å². The second kappa shape index (κ2) is 6.95. The highest BCUT2D eigenvalue weighted by atomic mass is 19.2. The van der Waals surface area contributed by atoms with Crippen LogP contribution in [0, 0.1) is 11.6 Å². The number of halogens is 2. The first-order valence-corrected chi connectivity index (χ1v) is 6.54. The Morgan fingerprint density at radius 2 is 1.81 bits per heavy atom. The Morgan fingerprint density at radius 1 is 1.10 bits per heavy atom. The molecule has 0 aromatic heterocycles. The van der Waals surface area contributed by atoms with Crippen LogP contribution in [0.1, 0.15) is 28.4 Å². The molecule has 2 aromatic carbocycles. The first kappa shape index (κ1) is 15.1. The van der Waals surface area contributed by atoms with Gasteiger partial charge in [0.2, 0.25) is 0 Å². The zero-order valence-electron chi connectivity index (χ0n) is 11.2. The third kappa shape index (κ3) is 3.64. The highest BCUT2D eigenvalue weighted by Gasteiger charge is 2.19. The number of carbonyl (C=O) groups excluding carboxylic acids is 1. The van der Waals surface area contributed by atoms with Crippen LogP contribution >= 0.6 is 0 Å². The van der Waals surface area contributed by atoms with Gasteiger partial charge in [0.05, 0.1) is 11.6 Å². The van der Waals surface area contributed by atoms with Gasteiger partial charge in [0.1, 0.15) is 0 Å². The highest BCUT2D eigenvalue weighted by Crippen LogP contribution is 2.18. The molecule has 2 aromatic rings. The molecule has 0 saturated carbocycles. The van der Waals surface area contributed by atoms with E-state index >= 15 is 0 Å². The summed E-state index contributed by atoms with van der Waals surface area (Å²) in [5.41, 5.74) is 0.436. The fourth-order valence-corrected chi connectivity index (χ4v) is 2.05. The molecular formula is C16H15F2NO2. The van der Waals surface area contributed by atoms with Gasteiger partial charge in [0.15, 0.2) is 11.6 Å². The fraction of sp³-hybridized carbons (Fsp3) is 0.188. The highest BCUT2D eigenvalue weighted by molar-refractivity contribution is 5.94. The first-order valence-electron chi connectivity index (χ1n) is 6.54. The summed E-state index contributed by atoms with van der Waals surface area (Å²) in [4.78, 5) is 12.1. The molecule has 0 saturated heterocycles. The summed E-state index contributed by atoms with van der Waals surface area (Å²) in [6.07, 6.45) is 0.284. The second-order valence-electron chi connectivity index (χ2n) is 4.55. The van der Waals surface area contributed by atoms with Gasteiger partial charge in [-0.2, -0.15) is 0 Å². The number of nitrogens with one attached hydrogen (secondary N) is 1. The van der Waals surface area contributed by atoms with E-state index in [2.05, 4.69) is 5.32 Å². The van der Waals surface area contributed by atoms with Crippen molar-refractivity contribution in [3.8, 4) is 0 Å². The number of rotatable bonds is 5. The fourth-order valence-electron chi connectivity index (χ4n) is 2.05. The van der Waals surface area contributed by atoms with Crippen molar-refractivity contribution in [2.24, 2.45) is 0 Å². The van der Waals surface area contributed by atoms with Crippen LogP contribution in [0.4, 0.5) is 8.78 Å². The summed E-state index contributed by atoms with van der Waals surface area (Å²) >= 11 is 0. The largest absolute Gasteiger partial charge is 0.396 e. The summed E-state index contributed by atoms with van der Waals surface area (Å²) in [7, 11) is 0. The maximum atomic E-state index is 13.6. The number of aliphatic hydroxyl groups excluding tert-OH is 1. The van der Waals surface area contributed by atoms with Gasteiger partial charge < -0.3 is 10.4 Å². The first-order chi connectivity index (χ1) is 10.1. The normalized spacial score (nSPS) is 12.0. The maximum Gasteiger partial charge on any atom is 0.254 e. The number of amides is 1. The van der Waals surface area contributed by atoms with E-state index in [4.69, 9.17) is 5.11 Å². The zero-order valence-corrected chi connectivity index (χ0v) is 11.2. The molecule has 0 aliphatic rings. The van der Waals surface area contributed by atoms with Crippen molar-refractivity contribution < 1.29 is 18.7 Å². The summed E-state index contributed by atoms with van der Waals surface area (Å²) in [5.74, 6) is -2.96. The van der Waals surface area contributed by atoms with Crippen molar-refractivity contribution in [2.45, 2.75) is 12.5 Å². The van der Waals surface area contributed by atoms with E-state index in [1.54, 1.807) is 24.3 Å². The summed E-state index contributed by atoms with van der Waals surface area (Å²) in [6, 6.07) is 12.0. The van der Waals surface area contributed by atoms with Gasteiger partial charge in [-0.3, -0.25) is 4.79 Å². The third-order valence-electron chi connectivity index (χ3n) is 3.12. The Morgan fingerprint density at radius 3 is 2.48 bits per heavy atom. The third-order valence-corrected chi connectivity index (χ3v) is 3.12. The molecule has 0 aliphatic carbocycles. The summed E-state index contributed by atoms with van der Waals surface area (Å²) in [5, 5.41) is 11.7. The molecule has 3 nitrogen and oxygen atoms in total. The van der Waals surface area contributed by atoms with Crippen molar-refractivity contribution in [1.29, 1.82) is 0 Å². The topological polar surface area (TPSA) is 49.3 Å². The lowest BCUT2D eigenvalue weighted by atomic mass is 10.0. The number of benzene rings is 2. The van der Waals surface area contributed by atoms with Gasteiger partial charge in [-0.25, -0.2) is 8.78 Å². The standard InChI is InChI=1S/C16H15F2NO2/c17-13-8-4-7-12(15(13)18)16(21)19-14(9-10-20)11-5-2-1-3-6-11/h1-8,14,20H,9-10H2,(H,19,21). The number of hydrogen-bond donors (Lipinski definition) is 2. The van der Waals surface area contributed by atoms with E-state index in [1.165, 1.54) is 12.1 Å². The van der Waals surface area contributed by atoms with Gasteiger partial charge in [0, 0.05) is 6.61 Å². The maximum absolute atomic E-state index is 13.6. The Kier molecular flexibility index (Phi) is 5.00. The molecule has 0 heterocycles. The average molecular weight is 291 g/mol. The minimum absolute atomic E-state index is 0.133. The molecule has 110 valence electrons. The Balaban J connectivity index is 2.21. The molecule has 1 atom stereocenters. The smallest absolute Gasteiger partial charge is 0.254 e. The van der Waals surface area contributed by atoms with Crippen molar-refractivity contribution in [2.75, 3.05) is 6.61 Å². The van der Waals surface area contributed by atoms with Crippen LogP contribution in [-0.4, -0.2) is 17.6 Å². The van der Waals surface area contributed by atoms with Gasteiger partial charge >= 0.3 is 0 Å². The molecule has 1 amide bonds. The minimum atomic E-state index is -1.18. The van der Waals surface area contributed by atoms with E-state index < -0.39 is 23.6 Å². The predicted octanol–water partition coefficient (Wildman–Crippen LogP) is 2.82. The number of aliphatic hydroxyl groups is 1. The lowest BCUT2D eigenvalue weighted by Crippen LogP contribution is -2.30.